The van der Waals surface area contributed by atoms with E-state index < -0.39 is 0 Å². The fourth-order valence-electron chi connectivity index (χ4n) is 0.249. The van der Waals surface area contributed by atoms with E-state index in [-0.39, 0.29) is 26.1 Å². The first-order chi connectivity index (χ1) is 3.50. The van der Waals surface area contributed by atoms with Crippen molar-refractivity contribution < 1.29 is 4.79 Å². The number of hydrogen-bond acceptors (Lipinski definition) is 1. The largest absolute Gasteiger partial charge is 0.299 e. The van der Waals surface area contributed by atoms with Gasteiger partial charge in [0.1, 0.15) is 5.78 Å². The third-order valence-corrected chi connectivity index (χ3v) is 1.84. The summed E-state index contributed by atoms with van der Waals surface area (Å²) in [5, 5.41) is 0. The van der Waals surface area contributed by atoms with Crippen molar-refractivity contribution in [3.05, 3.63) is 0 Å². The highest BCUT2D eigenvalue weighted by atomic mass is 16.1. The predicted molar refractivity (Wildman–Crippen MR) is 48.2 cm³/mol. The van der Waals surface area contributed by atoms with Gasteiger partial charge in [-0.2, -0.15) is 0 Å². The summed E-state index contributed by atoms with van der Waals surface area (Å²) in [5.41, 5.74) is -0.0972. The van der Waals surface area contributed by atoms with Gasteiger partial charge in [0.15, 0.2) is 0 Å². The highest BCUT2D eigenvalue weighted by Crippen LogP contribution is 2.19. The van der Waals surface area contributed by atoms with Gasteiger partial charge in [-0.25, -0.2) is 0 Å². The average molecular weight is 146 g/mol. The predicted octanol–water partition coefficient (Wildman–Crippen LogP) is 3.28. The Labute approximate surface area is 65.8 Å². The third kappa shape index (κ3) is 4.54. The second-order valence-corrected chi connectivity index (χ2v) is 2.79. The number of carbonyl (C=O) groups is 1. The van der Waals surface area contributed by atoms with E-state index in [2.05, 4.69) is 0 Å². The molecule has 10 heavy (non-hydrogen) atoms. The lowest BCUT2D eigenvalue weighted by Gasteiger charge is -2.17. The van der Waals surface area contributed by atoms with E-state index in [1.54, 1.807) is 6.92 Å². The van der Waals surface area contributed by atoms with Crippen LogP contribution in [0.15, 0.2) is 0 Å². The maximum absolute atomic E-state index is 10.7. The van der Waals surface area contributed by atoms with E-state index >= 15 is 0 Å². The van der Waals surface area contributed by atoms with Crippen molar-refractivity contribution in [1.29, 1.82) is 0 Å². The van der Waals surface area contributed by atoms with Crippen molar-refractivity contribution in [2.24, 2.45) is 5.41 Å². The van der Waals surface area contributed by atoms with Gasteiger partial charge in [-0.05, 0) is 13.3 Å². The number of rotatable bonds is 2. The topological polar surface area (TPSA) is 17.1 Å². The van der Waals surface area contributed by atoms with Gasteiger partial charge < -0.3 is 0 Å². The number of Topliss-reactive ketones (excluding diaryl/α,β-unsaturated/α-hetero) is 1. The number of carbonyl (C=O) groups excluding carboxylic acids is 1. The lowest BCUT2D eigenvalue weighted by atomic mass is 9.86. The highest BCUT2D eigenvalue weighted by Gasteiger charge is 2.19. The second kappa shape index (κ2) is 5.45. The normalized spacial score (nSPS) is 9.20. The van der Waals surface area contributed by atoms with Crippen LogP contribution in [0, 0.1) is 5.41 Å². The minimum absolute atomic E-state index is 0. The van der Waals surface area contributed by atoms with Crippen molar-refractivity contribution in [2.45, 2.75) is 49.0 Å². The Morgan fingerprint density at radius 1 is 1.30 bits per heavy atom. The average Bonchev–Trinajstić information content (AvgIpc) is 1.67. The molecule has 0 saturated heterocycles. The van der Waals surface area contributed by atoms with E-state index in [0.29, 0.717) is 0 Å². The Balaban J connectivity index is -0.000000245. The maximum atomic E-state index is 10.7. The summed E-state index contributed by atoms with van der Waals surface area (Å²) in [6.07, 6.45) is 0.933. The molecule has 0 rings (SSSR count). The van der Waals surface area contributed by atoms with Crippen LogP contribution in [-0.2, 0) is 4.79 Å². The van der Waals surface area contributed by atoms with Crippen LogP contribution in [0.2, 0.25) is 0 Å². The van der Waals surface area contributed by atoms with Gasteiger partial charge in [-0.3, -0.25) is 4.79 Å². The van der Waals surface area contributed by atoms with Crippen LogP contribution in [0.4, 0.5) is 0 Å². The lowest BCUT2D eigenvalue weighted by Crippen LogP contribution is -2.19. The Morgan fingerprint density at radius 3 is 1.60 bits per heavy atom. The smallest absolute Gasteiger partial charge is 0.135 e. The minimum Gasteiger partial charge on any atom is -0.299 e. The molecule has 0 aromatic heterocycles. The highest BCUT2D eigenvalue weighted by molar-refractivity contribution is 5.81. The van der Waals surface area contributed by atoms with Crippen molar-refractivity contribution >= 4 is 5.78 Å². The first kappa shape index (κ1) is 16.3. The van der Waals surface area contributed by atoms with Gasteiger partial charge in [-0.1, -0.05) is 35.6 Å². The van der Waals surface area contributed by atoms with Crippen LogP contribution in [0.3, 0.4) is 0 Å². The van der Waals surface area contributed by atoms with Gasteiger partial charge in [-0.15, -0.1) is 0 Å². The SMILES string of the molecule is C.C.CCC(C)(C)C(C)=O. The molecular weight excluding hydrogens is 124 g/mol. The third-order valence-electron chi connectivity index (χ3n) is 1.84. The van der Waals surface area contributed by atoms with E-state index in [9.17, 15) is 4.79 Å². The summed E-state index contributed by atoms with van der Waals surface area (Å²) in [4.78, 5) is 10.7. The Kier molecular flexibility index (Phi) is 8.91. The molecule has 0 unspecified atom stereocenters. The molecule has 0 spiro atoms. The molecule has 0 aromatic carbocycles. The van der Waals surface area contributed by atoms with Crippen molar-refractivity contribution in [2.75, 3.05) is 0 Å². The molecule has 0 aliphatic carbocycles. The number of ketones is 1. The van der Waals surface area contributed by atoms with Crippen LogP contribution in [0.1, 0.15) is 49.0 Å². The summed E-state index contributed by atoms with van der Waals surface area (Å²) in [7, 11) is 0. The Bertz CT molecular complexity index is 92.9. The van der Waals surface area contributed by atoms with Gasteiger partial charge in [0, 0.05) is 5.41 Å². The zero-order valence-electron chi connectivity index (χ0n) is 6.12. The molecule has 0 radical (unpaired) electrons. The molecule has 0 aliphatic heterocycles. The fourth-order valence-corrected chi connectivity index (χ4v) is 0.249. The van der Waals surface area contributed by atoms with Crippen molar-refractivity contribution in [1.82, 2.24) is 0 Å². The lowest BCUT2D eigenvalue weighted by molar-refractivity contribution is -0.124. The molecule has 0 bridgehead atoms. The maximum Gasteiger partial charge on any atom is 0.135 e. The molecule has 0 atom stereocenters. The summed E-state index contributed by atoms with van der Waals surface area (Å²) in [6.45, 7) is 7.61. The van der Waals surface area contributed by atoms with Crippen LogP contribution in [-0.4, -0.2) is 5.78 Å². The molecule has 0 amide bonds. The van der Waals surface area contributed by atoms with Gasteiger partial charge in [0.25, 0.3) is 0 Å². The second-order valence-electron chi connectivity index (χ2n) is 2.79. The Morgan fingerprint density at radius 2 is 1.60 bits per heavy atom. The molecule has 1 heteroatoms. The summed E-state index contributed by atoms with van der Waals surface area (Å²) in [5.74, 6) is 0.278. The van der Waals surface area contributed by atoms with Crippen molar-refractivity contribution in [3.8, 4) is 0 Å². The zero-order chi connectivity index (χ0) is 6.78. The molecular formula is C9H22O. The fraction of sp³-hybridized carbons (Fsp3) is 0.889. The zero-order valence-corrected chi connectivity index (χ0v) is 6.12. The van der Waals surface area contributed by atoms with E-state index in [1.807, 2.05) is 20.8 Å². The van der Waals surface area contributed by atoms with Gasteiger partial charge >= 0.3 is 0 Å². The molecule has 64 valence electrons. The van der Waals surface area contributed by atoms with Crippen LogP contribution < -0.4 is 0 Å². The molecule has 0 heterocycles. The van der Waals surface area contributed by atoms with Crippen LogP contribution in [0.25, 0.3) is 0 Å². The van der Waals surface area contributed by atoms with Gasteiger partial charge in [0.2, 0.25) is 0 Å². The quantitative estimate of drug-likeness (QED) is 0.584. The van der Waals surface area contributed by atoms with Gasteiger partial charge in [0.05, 0.1) is 0 Å². The van der Waals surface area contributed by atoms with Crippen LogP contribution in [0.5, 0.6) is 0 Å². The first-order valence-electron chi connectivity index (χ1n) is 3.01. The molecule has 0 aliphatic rings. The Hall–Kier alpha value is -0.330. The molecule has 0 saturated carbocycles. The molecule has 0 aromatic rings. The summed E-state index contributed by atoms with van der Waals surface area (Å²) >= 11 is 0. The molecule has 0 N–H and O–H groups in total. The van der Waals surface area contributed by atoms with E-state index in [4.69, 9.17) is 0 Å². The standard InChI is InChI=1S/C7H14O.2CH4/c1-5-7(3,4)6(2)8;;/h5H2,1-4H3;2*1H4. The first-order valence-corrected chi connectivity index (χ1v) is 3.01. The van der Waals surface area contributed by atoms with E-state index in [0.717, 1.165) is 6.42 Å². The van der Waals surface area contributed by atoms with Crippen molar-refractivity contribution in [3.63, 3.8) is 0 Å². The summed E-state index contributed by atoms with van der Waals surface area (Å²) in [6, 6.07) is 0. The minimum atomic E-state index is -0.0972. The molecule has 0 fully saturated rings. The monoisotopic (exact) mass is 146 g/mol. The summed E-state index contributed by atoms with van der Waals surface area (Å²) < 4.78 is 0. The van der Waals surface area contributed by atoms with Crippen LogP contribution >= 0.6 is 0 Å². The molecule has 1 nitrogen and oxygen atoms in total. The van der Waals surface area contributed by atoms with E-state index in [1.165, 1.54) is 0 Å². The number of hydrogen-bond donors (Lipinski definition) is 0.